The zero-order chi connectivity index (χ0) is 15.4. The molecule has 1 atom stereocenters. The number of hydrogen-bond acceptors (Lipinski definition) is 5. The van der Waals surface area contributed by atoms with Gasteiger partial charge in [0.05, 0.1) is 18.8 Å². The number of methoxy groups -OCH3 is 1. The van der Waals surface area contributed by atoms with Crippen molar-refractivity contribution in [3.05, 3.63) is 36.4 Å². The average Bonchev–Trinajstić information content (AvgIpc) is 2.46. The van der Waals surface area contributed by atoms with Crippen LogP contribution >= 0.6 is 11.8 Å². The highest BCUT2D eigenvalue weighted by Crippen LogP contribution is 2.30. The number of aromatic hydroxyl groups is 1. The Balaban J connectivity index is 2.22. The van der Waals surface area contributed by atoms with E-state index in [9.17, 15) is 14.7 Å². The van der Waals surface area contributed by atoms with Crippen molar-refractivity contribution >= 4 is 34.3 Å². The van der Waals surface area contributed by atoms with E-state index in [0.29, 0.717) is 0 Å². The number of thioether (sulfide) groups is 1. The van der Waals surface area contributed by atoms with Crippen LogP contribution < -0.4 is 0 Å². The fourth-order valence-electron chi connectivity index (χ4n) is 1.95. The number of phenolic OH excluding ortho intramolecular Hbond substituents is 1. The number of carbonyl (C=O) groups is 2. The summed E-state index contributed by atoms with van der Waals surface area (Å²) in [6, 6.07) is 10.8. The van der Waals surface area contributed by atoms with Gasteiger partial charge in [-0.3, -0.25) is 9.59 Å². The van der Waals surface area contributed by atoms with Gasteiger partial charge in [-0.1, -0.05) is 12.1 Å². The molecule has 21 heavy (non-hydrogen) atoms. The van der Waals surface area contributed by atoms with Crippen molar-refractivity contribution in [2.75, 3.05) is 7.11 Å². The minimum atomic E-state index is -0.452. The largest absolute Gasteiger partial charge is 0.508 e. The molecule has 0 radical (unpaired) electrons. The third-order valence-electron chi connectivity index (χ3n) is 3.11. The van der Waals surface area contributed by atoms with Crippen LogP contribution in [0.2, 0.25) is 0 Å². The first-order chi connectivity index (χ1) is 9.99. The fraction of sp³-hybridized carbons (Fsp3) is 0.250. The van der Waals surface area contributed by atoms with Crippen LogP contribution in [0.5, 0.6) is 5.75 Å². The van der Waals surface area contributed by atoms with E-state index in [0.717, 1.165) is 15.7 Å². The Bertz CT molecular complexity index is 681. The SMILES string of the molecule is COC(=O)CC(Sc1ccc2cc(O)ccc2c1)C(C)=O. The summed E-state index contributed by atoms with van der Waals surface area (Å²) in [5.41, 5.74) is 0. The second-order valence-corrected chi connectivity index (χ2v) is 5.97. The Labute approximate surface area is 127 Å². The average molecular weight is 304 g/mol. The fourth-order valence-corrected chi connectivity index (χ4v) is 3.01. The molecule has 4 nitrogen and oxygen atoms in total. The van der Waals surface area contributed by atoms with Crippen LogP contribution in [0.4, 0.5) is 0 Å². The van der Waals surface area contributed by atoms with Crippen LogP contribution in [0.15, 0.2) is 41.3 Å². The van der Waals surface area contributed by atoms with Crippen molar-refractivity contribution < 1.29 is 19.4 Å². The Hall–Kier alpha value is -2.01. The molecule has 0 fully saturated rings. The molecule has 2 rings (SSSR count). The minimum Gasteiger partial charge on any atom is -0.508 e. The molecule has 0 saturated heterocycles. The van der Waals surface area contributed by atoms with Crippen molar-refractivity contribution in [1.29, 1.82) is 0 Å². The van der Waals surface area contributed by atoms with Gasteiger partial charge in [0.2, 0.25) is 0 Å². The Kier molecular flexibility index (Phi) is 4.85. The van der Waals surface area contributed by atoms with Crippen LogP contribution in [0, 0.1) is 0 Å². The van der Waals surface area contributed by atoms with Crippen molar-refractivity contribution in [3.8, 4) is 5.75 Å². The number of phenols is 1. The van der Waals surface area contributed by atoms with Gasteiger partial charge in [0, 0.05) is 4.90 Å². The molecule has 1 N–H and O–H groups in total. The van der Waals surface area contributed by atoms with Gasteiger partial charge < -0.3 is 9.84 Å². The van der Waals surface area contributed by atoms with Crippen molar-refractivity contribution in [1.82, 2.24) is 0 Å². The second-order valence-electron chi connectivity index (χ2n) is 4.69. The summed E-state index contributed by atoms with van der Waals surface area (Å²) in [7, 11) is 1.31. The number of hydrogen-bond donors (Lipinski definition) is 1. The van der Waals surface area contributed by atoms with Crippen LogP contribution in [0.3, 0.4) is 0 Å². The van der Waals surface area contributed by atoms with E-state index in [4.69, 9.17) is 0 Å². The number of ether oxygens (including phenoxy) is 1. The number of Topliss-reactive ketones (excluding diaryl/α,β-unsaturated/α-hetero) is 1. The lowest BCUT2D eigenvalue weighted by atomic mass is 10.1. The van der Waals surface area contributed by atoms with Crippen molar-refractivity contribution in [2.24, 2.45) is 0 Å². The maximum absolute atomic E-state index is 11.6. The molecule has 0 aliphatic heterocycles. The van der Waals surface area contributed by atoms with Crippen molar-refractivity contribution in [3.63, 3.8) is 0 Å². The summed E-state index contributed by atoms with van der Waals surface area (Å²) in [4.78, 5) is 23.9. The first-order valence-electron chi connectivity index (χ1n) is 6.46. The van der Waals surface area contributed by atoms with Gasteiger partial charge in [-0.25, -0.2) is 0 Å². The second kappa shape index (κ2) is 6.63. The highest BCUT2D eigenvalue weighted by atomic mass is 32.2. The molecule has 2 aromatic carbocycles. The van der Waals surface area contributed by atoms with E-state index < -0.39 is 11.2 Å². The van der Waals surface area contributed by atoms with Crippen molar-refractivity contribution in [2.45, 2.75) is 23.5 Å². The Morgan fingerprint density at radius 1 is 1.19 bits per heavy atom. The molecule has 5 heteroatoms. The number of carbonyl (C=O) groups excluding carboxylic acids is 2. The Morgan fingerprint density at radius 2 is 1.86 bits per heavy atom. The number of fused-ring (bicyclic) bond motifs is 1. The smallest absolute Gasteiger partial charge is 0.307 e. The summed E-state index contributed by atoms with van der Waals surface area (Å²) >= 11 is 1.35. The molecule has 0 aliphatic rings. The molecule has 0 spiro atoms. The zero-order valence-corrected chi connectivity index (χ0v) is 12.6. The lowest BCUT2D eigenvalue weighted by molar-refractivity contribution is -0.141. The molecular formula is C16H16O4S. The number of ketones is 1. The molecule has 0 saturated carbocycles. The third-order valence-corrected chi connectivity index (χ3v) is 4.42. The van der Waals surface area contributed by atoms with Crippen LogP contribution in [0.1, 0.15) is 13.3 Å². The normalized spacial score (nSPS) is 12.1. The molecular weight excluding hydrogens is 288 g/mol. The highest BCUT2D eigenvalue weighted by molar-refractivity contribution is 8.00. The highest BCUT2D eigenvalue weighted by Gasteiger charge is 2.20. The molecule has 0 amide bonds. The molecule has 0 heterocycles. The predicted molar refractivity (Wildman–Crippen MR) is 82.6 cm³/mol. The topological polar surface area (TPSA) is 63.6 Å². The van der Waals surface area contributed by atoms with Crippen LogP contribution in [-0.4, -0.2) is 29.2 Å². The van der Waals surface area contributed by atoms with E-state index in [1.54, 1.807) is 12.1 Å². The lowest BCUT2D eigenvalue weighted by Gasteiger charge is -2.12. The molecule has 110 valence electrons. The van der Waals surface area contributed by atoms with E-state index in [2.05, 4.69) is 4.74 Å². The summed E-state index contributed by atoms with van der Waals surface area (Å²) in [6.45, 7) is 1.47. The van der Waals surface area contributed by atoms with E-state index in [-0.39, 0.29) is 18.0 Å². The van der Waals surface area contributed by atoms with Gasteiger partial charge in [-0.05, 0) is 42.0 Å². The molecule has 0 aromatic heterocycles. The van der Waals surface area contributed by atoms with Gasteiger partial charge in [0.1, 0.15) is 11.5 Å². The van der Waals surface area contributed by atoms with Gasteiger partial charge in [0.25, 0.3) is 0 Å². The number of rotatable bonds is 5. The van der Waals surface area contributed by atoms with E-state index in [1.807, 2.05) is 24.3 Å². The lowest BCUT2D eigenvalue weighted by Crippen LogP contribution is -2.19. The van der Waals surface area contributed by atoms with Gasteiger partial charge in [0.15, 0.2) is 0 Å². The zero-order valence-electron chi connectivity index (χ0n) is 11.8. The Morgan fingerprint density at radius 3 is 2.52 bits per heavy atom. The summed E-state index contributed by atoms with van der Waals surface area (Å²) in [5.74, 6) is -0.236. The molecule has 0 aliphatic carbocycles. The first-order valence-corrected chi connectivity index (χ1v) is 7.34. The van der Waals surface area contributed by atoms with Gasteiger partial charge >= 0.3 is 5.97 Å². The summed E-state index contributed by atoms with van der Waals surface area (Å²) < 4.78 is 4.62. The maximum atomic E-state index is 11.6. The van der Waals surface area contributed by atoms with E-state index >= 15 is 0 Å². The van der Waals surface area contributed by atoms with Gasteiger partial charge in [-0.15, -0.1) is 11.8 Å². The number of esters is 1. The molecule has 1 unspecified atom stereocenters. The van der Waals surface area contributed by atoms with E-state index in [1.165, 1.54) is 25.8 Å². The van der Waals surface area contributed by atoms with Crippen LogP contribution in [-0.2, 0) is 14.3 Å². The van der Waals surface area contributed by atoms with Crippen LogP contribution in [0.25, 0.3) is 10.8 Å². The predicted octanol–water partition coefficient (Wildman–Crippen LogP) is 3.16. The molecule has 2 aromatic rings. The van der Waals surface area contributed by atoms with Gasteiger partial charge in [-0.2, -0.15) is 0 Å². The quantitative estimate of drug-likeness (QED) is 0.679. The molecule has 0 bridgehead atoms. The maximum Gasteiger partial charge on any atom is 0.307 e. The first kappa shape index (κ1) is 15.4. The standard InChI is InChI=1S/C16H16O4S/c1-10(17)15(9-16(19)20-2)21-14-6-4-11-7-13(18)5-3-12(11)8-14/h3-8,15,18H,9H2,1-2H3. The summed E-state index contributed by atoms with van der Waals surface area (Å²) in [5, 5.41) is 10.9. The number of benzene rings is 2. The third kappa shape index (κ3) is 3.98. The minimum absolute atomic E-state index is 0.0591. The monoisotopic (exact) mass is 304 g/mol. The summed E-state index contributed by atoms with van der Waals surface area (Å²) in [6.07, 6.45) is 0.0596.